The van der Waals surface area contributed by atoms with Gasteiger partial charge in [0.15, 0.2) is 0 Å². The highest BCUT2D eigenvalue weighted by Gasteiger charge is 2.18. The molecule has 0 aromatic carbocycles. The number of carboxylic acids is 1. The Kier molecular flexibility index (Phi) is 5.26. The van der Waals surface area contributed by atoms with E-state index in [1.54, 1.807) is 0 Å². The molecule has 0 spiro atoms. The number of rotatable bonds is 3. The molecule has 0 aliphatic carbocycles. The smallest absolute Gasteiger partial charge is 0.322 e. The number of carbonyl (C=O) groups is 1. The molecule has 1 aliphatic rings. The minimum atomic E-state index is -0.909. The lowest BCUT2D eigenvalue weighted by Gasteiger charge is -2.25. The fourth-order valence-electron chi connectivity index (χ4n) is 1.80. The van der Waals surface area contributed by atoms with Gasteiger partial charge in [-0.2, -0.15) is 0 Å². The lowest BCUT2D eigenvalue weighted by atomic mass is 10.1. The molecule has 1 N–H and O–H groups in total. The van der Waals surface area contributed by atoms with Crippen LogP contribution in [0.4, 0.5) is 0 Å². The molecule has 1 atom stereocenters. The zero-order valence-electron chi connectivity index (χ0n) is 8.41. The van der Waals surface area contributed by atoms with Crippen LogP contribution >= 0.6 is 11.6 Å². The summed E-state index contributed by atoms with van der Waals surface area (Å²) in [5.74, 6) is -0.909. The maximum absolute atomic E-state index is 10.6. The van der Waals surface area contributed by atoms with Gasteiger partial charge in [-0.3, -0.25) is 4.79 Å². The lowest BCUT2D eigenvalue weighted by molar-refractivity contribution is -0.137. The maximum atomic E-state index is 10.6. The number of likely N-dealkylation sites (tertiary alicyclic amines) is 1. The van der Waals surface area contributed by atoms with E-state index >= 15 is 0 Å². The molecular weight excluding hydrogens is 202 g/mol. The number of halogens is 1. The van der Waals surface area contributed by atoms with Crippen LogP contribution in [0.3, 0.4) is 0 Å². The van der Waals surface area contributed by atoms with Gasteiger partial charge in [0, 0.05) is 6.54 Å². The van der Waals surface area contributed by atoms with E-state index < -0.39 is 11.3 Å². The second kappa shape index (κ2) is 6.25. The monoisotopic (exact) mass is 219 g/mol. The molecule has 0 aromatic heterocycles. The van der Waals surface area contributed by atoms with E-state index in [1.165, 1.54) is 32.1 Å². The highest BCUT2D eigenvalue weighted by Crippen LogP contribution is 2.11. The summed E-state index contributed by atoms with van der Waals surface area (Å²) >= 11 is 5.70. The zero-order valence-corrected chi connectivity index (χ0v) is 9.17. The summed E-state index contributed by atoms with van der Waals surface area (Å²) in [4.78, 5) is 12.7. The summed E-state index contributed by atoms with van der Waals surface area (Å²) < 4.78 is 0. The Morgan fingerprint density at radius 3 is 2.21 bits per heavy atom. The molecule has 1 aliphatic heterocycles. The van der Waals surface area contributed by atoms with Gasteiger partial charge in [0.05, 0.1) is 0 Å². The van der Waals surface area contributed by atoms with Gasteiger partial charge in [0.1, 0.15) is 5.38 Å². The third-order valence-electron chi connectivity index (χ3n) is 2.64. The molecule has 1 unspecified atom stereocenters. The minimum Gasteiger partial charge on any atom is -0.480 e. The van der Waals surface area contributed by atoms with E-state index in [9.17, 15) is 4.79 Å². The summed E-state index contributed by atoms with van der Waals surface area (Å²) in [5.41, 5.74) is 0. The van der Waals surface area contributed by atoms with Crippen LogP contribution < -0.4 is 0 Å². The molecule has 1 heterocycles. The molecular formula is C10H18ClNO2. The van der Waals surface area contributed by atoms with Crippen LogP contribution in [0, 0.1) is 0 Å². The summed E-state index contributed by atoms with van der Waals surface area (Å²) in [6.07, 6.45) is 6.18. The Bertz CT molecular complexity index is 179. The van der Waals surface area contributed by atoms with Gasteiger partial charge in [-0.25, -0.2) is 0 Å². The van der Waals surface area contributed by atoms with Gasteiger partial charge in [0.25, 0.3) is 0 Å². The first-order chi connectivity index (χ1) is 6.70. The van der Waals surface area contributed by atoms with Gasteiger partial charge in [-0.15, -0.1) is 11.6 Å². The molecule has 0 saturated carbocycles. The Hall–Kier alpha value is -0.280. The Balaban J connectivity index is 2.29. The SMILES string of the molecule is O=C(O)C(Cl)CN1CCCCCCC1. The van der Waals surface area contributed by atoms with Gasteiger partial charge < -0.3 is 10.0 Å². The maximum Gasteiger partial charge on any atom is 0.322 e. The molecule has 0 amide bonds. The third kappa shape index (κ3) is 4.29. The van der Waals surface area contributed by atoms with Crippen LogP contribution in [0.5, 0.6) is 0 Å². The predicted molar refractivity (Wildman–Crippen MR) is 56.8 cm³/mol. The van der Waals surface area contributed by atoms with Crippen molar-refractivity contribution in [2.75, 3.05) is 19.6 Å². The molecule has 14 heavy (non-hydrogen) atoms. The van der Waals surface area contributed by atoms with Crippen molar-refractivity contribution >= 4 is 17.6 Å². The van der Waals surface area contributed by atoms with Crippen LogP contribution in [0.15, 0.2) is 0 Å². The highest BCUT2D eigenvalue weighted by molar-refractivity contribution is 6.29. The first-order valence-electron chi connectivity index (χ1n) is 5.29. The van der Waals surface area contributed by atoms with E-state index in [4.69, 9.17) is 16.7 Å². The third-order valence-corrected chi connectivity index (χ3v) is 2.96. The van der Waals surface area contributed by atoms with Gasteiger partial charge in [-0.05, 0) is 25.9 Å². The van der Waals surface area contributed by atoms with Gasteiger partial charge in [-0.1, -0.05) is 19.3 Å². The summed E-state index contributed by atoms with van der Waals surface area (Å²) in [5, 5.41) is 7.92. The van der Waals surface area contributed by atoms with Crippen molar-refractivity contribution in [1.29, 1.82) is 0 Å². The number of aliphatic carboxylic acids is 1. The Morgan fingerprint density at radius 2 is 1.71 bits per heavy atom. The zero-order chi connectivity index (χ0) is 10.4. The fourth-order valence-corrected chi connectivity index (χ4v) is 2.00. The molecule has 82 valence electrons. The quantitative estimate of drug-likeness (QED) is 0.738. The number of nitrogens with zero attached hydrogens (tertiary/aromatic N) is 1. The lowest BCUT2D eigenvalue weighted by Crippen LogP contribution is -2.35. The van der Waals surface area contributed by atoms with Crippen molar-refractivity contribution in [3.05, 3.63) is 0 Å². The molecule has 0 radical (unpaired) electrons. The molecule has 3 nitrogen and oxygen atoms in total. The van der Waals surface area contributed by atoms with Crippen molar-refractivity contribution in [1.82, 2.24) is 4.90 Å². The topological polar surface area (TPSA) is 40.5 Å². The van der Waals surface area contributed by atoms with E-state index in [0.717, 1.165) is 13.1 Å². The number of hydrogen-bond donors (Lipinski definition) is 1. The van der Waals surface area contributed by atoms with Crippen LogP contribution in [0.2, 0.25) is 0 Å². The first kappa shape index (κ1) is 11.8. The summed E-state index contributed by atoms with van der Waals surface area (Å²) in [6, 6.07) is 0. The van der Waals surface area contributed by atoms with Crippen LogP contribution in [-0.4, -0.2) is 41.0 Å². The Labute approximate surface area is 90.0 Å². The second-order valence-corrected chi connectivity index (χ2v) is 4.40. The van der Waals surface area contributed by atoms with Crippen molar-refractivity contribution in [3.63, 3.8) is 0 Å². The largest absolute Gasteiger partial charge is 0.480 e. The van der Waals surface area contributed by atoms with Crippen molar-refractivity contribution in [2.45, 2.75) is 37.5 Å². The van der Waals surface area contributed by atoms with Crippen molar-refractivity contribution in [3.8, 4) is 0 Å². The van der Waals surface area contributed by atoms with Crippen LogP contribution in [-0.2, 0) is 4.79 Å². The van der Waals surface area contributed by atoms with E-state index in [1.807, 2.05) is 0 Å². The average molecular weight is 220 g/mol. The Morgan fingerprint density at radius 1 is 1.21 bits per heavy atom. The molecule has 1 saturated heterocycles. The average Bonchev–Trinajstić information content (AvgIpc) is 2.08. The number of carboxylic acid groups (broad SMARTS) is 1. The molecule has 0 aromatic rings. The number of alkyl halides is 1. The second-order valence-electron chi connectivity index (χ2n) is 3.87. The van der Waals surface area contributed by atoms with Crippen LogP contribution in [0.1, 0.15) is 32.1 Å². The van der Waals surface area contributed by atoms with Gasteiger partial charge in [0.2, 0.25) is 0 Å². The molecule has 4 heteroatoms. The molecule has 1 rings (SSSR count). The fraction of sp³-hybridized carbons (Fsp3) is 0.900. The number of hydrogen-bond acceptors (Lipinski definition) is 2. The van der Waals surface area contributed by atoms with E-state index in [2.05, 4.69) is 4.90 Å². The standard InChI is InChI=1S/C10H18ClNO2/c11-9(10(13)14)8-12-6-4-2-1-3-5-7-12/h9H,1-8H2,(H,13,14). The summed E-state index contributed by atoms with van der Waals surface area (Å²) in [7, 11) is 0. The first-order valence-corrected chi connectivity index (χ1v) is 5.73. The highest BCUT2D eigenvalue weighted by atomic mass is 35.5. The van der Waals surface area contributed by atoms with E-state index in [-0.39, 0.29) is 0 Å². The normalized spacial score (nSPS) is 22.4. The molecule has 0 bridgehead atoms. The van der Waals surface area contributed by atoms with Crippen molar-refractivity contribution in [2.24, 2.45) is 0 Å². The van der Waals surface area contributed by atoms with Crippen LogP contribution in [0.25, 0.3) is 0 Å². The van der Waals surface area contributed by atoms with Gasteiger partial charge >= 0.3 is 5.97 Å². The minimum absolute atomic E-state index is 0.483. The summed E-state index contributed by atoms with van der Waals surface area (Å²) in [6.45, 7) is 2.48. The van der Waals surface area contributed by atoms with E-state index in [0.29, 0.717) is 6.54 Å². The van der Waals surface area contributed by atoms with Crippen molar-refractivity contribution < 1.29 is 9.90 Å². The predicted octanol–water partition coefficient (Wildman–Crippen LogP) is 1.94. The molecule has 1 fully saturated rings.